The van der Waals surface area contributed by atoms with Crippen LogP contribution in [0, 0.1) is 6.92 Å². The van der Waals surface area contributed by atoms with Crippen LogP contribution in [0.4, 0.5) is 0 Å². The van der Waals surface area contributed by atoms with Gasteiger partial charge in [-0.1, -0.05) is 0 Å². The van der Waals surface area contributed by atoms with Gasteiger partial charge in [0.25, 0.3) is 0 Å². The van der Waals surface area contributed by atoms with E-state index >= 15 is 0 Å². The number of rotatable bonds is 6. The largest absolute Gasteiger partial charge is 0.466 e. The normalized spacial score (nSPS) is 10.5. The highest BCUT2D eigenvalue weighted by molar-refractivity contribution is 5.75. The average molecular weight is 249 g/mol. The number of aromatic nitrogens is 4. The van der Waals surface area contributed by atoms with E-state index in [2.05, 4.69) is 20.8 Å². The number of furan rings is 1. The molecular weight excluding hydrogens is 234 g/mol. The van der Waals surface area contributed by atoms with Gasteiger partial charge in [-0.25, -0.2) is 4.68 Å². The molecule has 0 radical (unpaired) electrons. The molecule has 1 N–H and O–H groups in total. The summed E-state index contributed by atoms with van der Waals surface area (Å²) in [5, 5.41) is 13.5. The quantitative estimate of drug-likeness (QED) is 0.797. The fourth-order valence-corrected chi connectivity index (χ4v) is 1.53. The summed E-state index contributed by atoms with van der Waals surface area (Å²) < 4.78 is 6.93. The lowest BCUT2D eigenvalue weighted by Gasteiger charge is -2.03. The molecule has 0 aliphatic heterocycles. The second kappa shape index (κ2) is 5.95. The molecule has 0 aromatic carbocycles. The number of amides is 1. The molecule has 7 heteroatoms. The Morgan fingerprint density at radius 2 is 2.39 bits per heavy atom. The zero-order valence-corrected chi connectivity index (χ0v) is 10.2. The maximum atomic E-state index is 11.5. The van der Waals surface area contributed by atoms with E-state index in [1.54, 1.807) is 0 Å². The minimum Gasteiger partial charge on any atom is -0.466 e. The summed E-state index contributed by atoms with van der Waals surface area (Å²) in [6.45, 7) is 2.95. The molecule has 2 aromatic rings. The smallest absolute Gasteiger partial charge is 0.221 e. The van der Waals surface area contributed by atoms with E-state index in [1.807, 2.05) is 19.1 Å². The van der Waals surface area contributed by atoms with Gasteiger partial charge < -0.3 is 9.73 Å². The lowest BCUT2D eigenvalue weighted by atomic mass is 10.3. The molecule has 0 fully saturated rings. The van der Waals surface area contributed by atoms with Crippen LogP contribution in [0.25, 0.3) is 0 Å². The fraction of sp³-hybridized carbons (Fsp3) is 0.455. The topological polar surface area (TPSA) is 85.8 Å². The first kappa shape index (κ1) is 12.3. The van der Waals surface area contributed by atoms with Gasteiger partial charge in [0.2, 0.25) is 5.91 Å². The molecule has 0 bridgehead atoms. The number of tetrazole rings is 1. The molecule has 0 aliphatic rings. The standard InChI is InChI=1S/C11H15N5O2/c1-9-2-3-10(18-9)4-6-12-11(17)5-7-16-8-13-14-15-16/h2-3,8H,4-7H2,1H3,(H,12,17). The van der Waals surface area contributed by atoms with Crippen molar-refractivity contribution in [2.24, 2.45) is 0 Å². The first-order valence-corrected chi connectivity index (χ1v) is 5.77. The van der Waals surface area contributed by atoms with Crippen molar-refractivity contribution in [2.45, 2.75) is 26.3 Å². The fourth-order valence-electron chi connectivity index (χ4n) is 1.53. The first-order chi connectivity index (χ1) is 8.74. The van der Waals surface area contributed by atoms with Gasteiger partial charge >= 0.3 is 0 Å². The SMILES string of the molecule is Cc1ccc(CCNC(=O)CCn2cnnn2)o1. The maximum absolute atomic E-state index is 11.5. The van der Waals surface area contributed by atoms with Crippen molar-refractivity contribution in [3.63, 3.8) is 0 Å². The van der Waals surface area contributed by atoms with Gasteiger partial charge in [0.15, 0.2) is 0 Å². The van der Waals surface area contributed by atoms with Gasteiger partial charge in [-0.05, 0) is 29.5 Å². The Bertz CT molecular complexity index is 491. The van der Waals surface area contributed by atoms with Gasteiger partial charge in [-0.15, -0.1) is 5.10 Å². The summed E-state index contributed by atoms with van der Waals surface area (Å²) >= 11 is 0. The van der Waals surface area contributed by atoms with E-state index in [0.29, 0.717) is 25.9 Å². The van der Waals surface area contributed by atoms with Crippen LogP contribution in [0.3, 0.4) is 0 Å². The Kier molecular flexibility index (Phi) is 4.06. The minimum atomic E-state index is -0.0196. The summed E-state index contributed by atoms with van der Waals surface area (Å²) in [5.74, 6) is 1.75. The van der Waals surface area contributed by atoms with Crippen LogP contribution in [0.5, 0.6) is 0 Å². The Balaban J connectivity index is 1.63. The highest BCUT2D eigenvalue weighted by Crippen LogP contribution is 2.05. The van der Waals surface area contributed by atoms with Crippen LogP contribution in [0.1, 0.15) is 17.9 Å². The van der Waals surface area contributed by atoms with Crippen LogP contribution >= 0.6 is 0 Å². The predicted molar refractivity (Wildman–Crippen MR) is 62.6 cm³/mol. The highest BCUT2D eigenvalue weighted by Gasteiger charge is 2.03. The van der Waals surface area contributed by atoms with E-state index in [1.165, 1.54) is 11.0 Å². The molecule has 0 saturated carbocycles. The third-order valence-corrected chi connectivity index (χ3v) is 2.45. The van der Waals surface area contributed by atoms with E-state index < -0.39 is 0 Å². The molecule has 0 atom stereocenters. The van der Waals surface area contributed by atoms with Gasteiger partial charge in [0.1, 0.15) is 17.8 Å². The number of carbonyl (C=O) groups excluding carboxylic acids is 1. The molecule has 1 amide bonds. The number of hydrogen-bond donors (Lipinski definition) is 1. The molecule has 0 aliphatic carbocycles. The molecule has 2 aromatic heterocycles. The van der Waals surface area contributed by atoms with E-state index in [9.17, 15) is 4.79 Å². The second-order valence-corrected chi connectivity index (χ2v) is 3.94. The van der Waals surface area contributed by atoms with Gasteiger partial charge in [-0.2, -0.15) is 0 Å². The predicted octanol–water partition coefficient (Wildman–Crippen LogP) is 0.324. The van der Waals surface area contributed by atoms with E-state index in [0.717, 1.165) is 11.5 Å². The summed E-state index contributed by atoms with van der Waals surface area (Å²) in [5.41, 5.74) is 0. The number of carbonyl (C=O) groups is 1. The van der Waals surface area contributed by atoms with Crippen molar-refractivity contribution in [1.82, 2.24) is 25.5 Å². The Labute approximate surface area is 104 Å². The number of hydrogen-bond acceptors (Lipinski definition) is 5. The van der Waals surface area contributed by atoms with Crippen molar-refractivity contribution in [3.05, 3.63) is 30.0 Å². The minimum absolute atomic E-state index is 0.0196. The summed E-state index contributed by atoms with van der Waals surface area (Å²) in [7, 11) is 0. The Hall–Kier alpha value is -2.18. The van der Waals surface area contributed by atoms with Crippen molar-refractivity contribution in [2.75, 3.05) is 6.54 Å². The third-order valence-electron chi connectivity index (χ3n) is 2.45. The molecule has 2 heterocycles. The Morgan fingerprint density at radius 1 is 1.50 bits per heavy atom. The van der Waals surface area contributed by atoms with Gasteiger partial charge in [-0.3, -0.25) is 4.79 Å². The van der Waals surface area contributed by atoms with Crippen molar-refractivity contribution < 1.29 is 9.21 Å². The monoisotopic (exact) mass is 249 g/mol. The lowest BCUT2D eigenvalue weighted by molar-refractivity contribution is -0.121. The van der Waals surface area contributed by atoms with Crippen LogP contribution in [0.15, 0.2) is 22.9 Å². The number of aryl methyl sites for hydroxylation is 2. The Morgan fingerprint density at radius 3 is 3.06 bits per heavy atom. The molecule has 2 rings (SSSR count). The molecule has 0 spiro atoms. The summed E-state index contributed by atoms with van der Waals surface area (Å²) in [6.07, 6.45) is 2.55. The molecule has 0 unspecified atom stereocenters. The van der Waals surface area contributed by atoms with Crippen LogP contribution < -0.4 is 5.32 Å². The summed E-state index contributed by atoms with van der Waals surface area (Å²) in [6, 6.07) is 3.83. The molecule has 18 heavy (non-hydrogen) atoms. The third kappa shape index (κ3) is 3.69. The summed E-state index contributed by atoms with van der Waals surface area (Å²) in [4.78, 5) is 11.5. The number of nitrogens with zero attached hydrogens (tertiary/aromatic N) is 4. The zero-order chi connectivity index (χ0) is 12.8. The highest BCUT2D eigenvalue weighted by atomic mass is 16.3. The molecule has 96 valence electrons. The van der Waals surface area contributed by atoms with Gasteiger partial charge in [0.05, 0.1) is 6.54 Å². The van der Waals surface area contributed by atoms with Gasteiger partial charge in [0, 0.05) is 19.4 Å². The second-order valence-electron chi connectivity index (χ2n) is 3.94. The maximum Gasteiger partial charge on any atom is 0.221 e. The molecular formula is C11H15N5O2. The van der Waals surface area contributed by atoms with Crippen molar-refractivity contribution in [3.8, 4) is 0 Å². The average Bonchev–Trinajstić information content (AvgIpc) is 2.98. The molecule has 0 saturated heterocycles. The van der Waals surface area contributed by atoms with Crippen LogP contribution in [-0.4, -0.2) is 32.7 Å². The first-order valence-electron chi connectivity index (χ1n) is 5.77. The van der Waals surface area contributed by atoms with E-state index in [4.69, 9.17) is 4.42 Å². The van der Waals surface area contributed by atoms with Crippen molar-refractivity contribution >= 4 is 5.91 Å². The van der Waals surface area contributed by atoms with Crippen molar-refractivity contribution in [1.29, 1.82) is 0 Å². The van der Waals surface area contributed by atoms with E-state index in [-0.39, 0.29) is 5.91 Å². The zero-order valence-electron chi connectivity index (χ0n) is 10.2. The van der Waals surface area contributed by atoms with Crippen LogP contribution in [0.2, 0.25) is 0 Å². The lowest BCUT2D eigenvalue weighted by Crippen LogP contribution is -2.26. The van der Waals surface area contributed by atoms with Crippen LogP contribution in [-0.2, 0) is 17.8 Å². The molecule has 7 nitrogen and oxygen atoms in total. The number of nitrogens with one attached hydrogen (secondary N) is 1.